The highest BCUT2D eigenvalue weighted by atomic mass is 35.5. The number of methoxy groups -OCH3 is 1. The van der Waals surface area contributed by atoms with E-state index in [1.807, 2.05) is 35.2 Å². The molecule has 4 nitrogen and oxygen atoms in total. The van der Waals surface area contributed by atoms with E-state index in [9.17, 15) is 4.79 Å². The fourth-order valence-electron chi connectivity index (χ4n) is 3.13. The molecule has 2 aromatic carbocycles. The van der Waals surface area contributed by atoms with E-state index in [1.54, 1.807) is 25.3 Å². The number of nitrogens with zero attached hydrogens (tertiary/aromatic N) is 1. The van der Waals surface area contributed by atoms with Gasteiger partial charge in [0.25, 0.3) is 5.91 Å². The van der Waals surface area contributed by atoms with Crippen molar-refractivity contribution < 1.29 is 14.3 Å². The van der Waals surface area contributed by atoms with E-state index < -0.39 is 0 Å². The number of amides is 1. The van der Waals surface area contributed by atoms with Crippen molar-refractivity contribution in [1.29, 1.82) is 0 Å². The summed E-state index contributed by atoms with van der Waals surface area (Å²) in [4.78, 5) is 14.8. The topological polar surface area (TPSA) is 38.8 Å². The number of para-hydroxylation sites is 1. The lowest BCUT2D eigenvalue weighted by atomic mass is 9.98. The first kappa shape index (κ1) is 17.6. The summed E-state index contributed by atoms with van der Waals surface area (Å²) < 4.78 is 11.2. The van der Waals surface area contributed by atoms with Crippen LogP contribution in [0, 0.1) is 5.92 Å². The van der Waals surface area contributed by atoms with Crippen LogP contribution in [0.25, 0.3) is 0 Å². The van der Waals surface area contributed by atoms with E-state index in [2.05, 4.69) is 0 Å². The standard InChI is InChI=1S/C20H22ClNO3/c1-24-19-10-9-16(21)12-18(19)20(23)22-11-5-6-15(13-22)14-25-17-7-3-2-4-8-17/h2-4,7-10,12,15H,5-6,11,13-14H2,1H3. The lowest BCUT2D eigenvalue weighted by molar-refractivity contribution is 0.0630. The first-order valence-electron chi connectivity index (χ1n) is 8.48. The predicted octanol–water partition coefficient (Wildman–Crippen LogP) is 4.28. The van der Waals surface area contributed by atoms with Gasteiger partial charge in [0.05, 0.1) is 19.3 Å². The summed E-state index contributed by atoms with van der Waals surface area (Å²) in [5.74, 6) is 1.70. The Labute approximate surface area is 153 Å². The van der Waals surface area contributed by atoms with E-state index in [4.69, 9.17) is 21.1 Å². The molecule has 132 valence electrons. The Morgan fingerprint density at radius 2 is 2.04 bits per heavy atom. The van der Waals surface area contributed by atoms with Crippen LogP contribution in [0.1, 0.15) is 23.2 Å². The van der Waals surface area contributed by atoms with Crippen molar-refractivity contribution in [3.8, 4) is 11.5 Å². The zero-order valence-electron chi connectivity index (χ0n) is 14.3. The van der Waals surface area contributed by atoms with Crippen LogP contribution in [-0.2, 0) is 0 Å². The van der Waals surface area contributed by atoms with Gasteiger partial charge in [0, 0.05) is 24.0 Å². The van der Waals surface area contributed by atoms with Gasteiger partial charge in [-0.05, 0) is 43.2 Å². The van der Waals surface area contributed by atoms with Crippen LogP contribution in [0.4, 0.5) is 0 Å². The number of hydrogen-bond donors (Lipinski definition) is 0. The lowest BCUT2D eigenvalue weighted by Crippen LogP contribution is -2.41. The highest BCUT2D eigenvalue weighted by Gasteiger charge is 2.26. The van der Waals surface area contributed by atoms with Crippen molar-refractivity contribution in [2.45, 2.75) is 12.8 Å². The van der Waals surface area contributed by atoms with Crippen molar-refractivity contribution in [3.63, 3.8) is 0 Å². The molecule has 5 heteroatoms. The Morgan fingerprint density at radius 3 is 2.80 bits per heavy atom. The summed E-state index contributed by atoms with van der Waals surface area (Å²) in [5.41, 5.74) is 0.514. The monoisotopic (exact) mass is 359 g/mol. The van der Waals surface area contributed by atoms with Gasteiger partial charge >= 0.3 is 0 Å². The molecule has 1 aliphatic heterocycles. The molecule has 2 aromatic rings. The fourth-order valence-corrected chi connectivity index (χ4v) is 3.31. The maximum absolute atomic E-state index is 12.9. The lowest BCUT2D eigenvalue weighted by Gasteiger charge is -2.33. The molecule has 0 bridgehead atoms. The van der Waals surface area contributed by atoms with E-state index in [-0.39, 0.29) is 5.91 Å². The average molecular weight is 360 g/mol. The first-order chi connectivity index (χ1) is 12.2. The van der Waals surface area contributed by atoms with Crippen LogP contribution in [0.15, 0.2) is 48.5 Å². The number of halogens is 1. The maximum Gasteiger partial charge on any atom is 0.257 e. The third-order valence-corrected chi connectivity index (χ3v) is 4.66. The molecule has 0 aromatic heterocycles. The van der Waals surface area contributed by atoms with Gasteiger partial charge in [-0.2, -0.15) is 0 Å². The van der Waals surface area contributed by atoms with Gasteiger partial charge < -0.3 is 14.4 Å². The molecule has 1 heterocycles. The van der Waals surface area contributed by atoms with Gasteiger partial charge in [-0.15, -0.1) is 0 Å². The van der Waals surface area contributed by atoms with Gasteiger partial charge in [-0.1, -0.05) is 29.8 Å². The maximum atomic E-state index is 12.9. The molecule has 0 radical (unpaired) electrons. The second kappa shape index (κ2) is 8.26. The number of piperidine rings is 1. The number of hydrogen-bond acceptors (Lipinski definition) is 3. The summed E-state index contributed by atoms with van der Waals surface area (Å²) in [6.07, 6.45) is 2.03. The van der Waals surface area contributed by atoms with Crippen LogP contribution in [0.5, 0.6) is 11.5 Å². The van der Waals surface area contributed by atoms with Crippen LogP contribution in [0.3, 0.4) is 0 Å². The highest BCUT2D eigenvalue weighted by molar-refractivity contribution is 6.31. The van der Waals surface area contributed by atoms with Crippen molar-refractivity contribution >= 4 is 17.5 Å². The van der Waals surface area contributed by atoms with Crippen LogP contribution >= 0.6 is 11.6 Å². The van der Waals surface area contributed by atoms with Crippen LogP contribution < -0.4 is 9.47 Å². The molecule has 25 heavy (non-hydrogen) atoms. The smallest absolute Gasteiger partial charge is 0.257 e. The zero-order valence-corrected chi connectivity index (χ0v) is 15.0. The number of likely N-dealkylation sites (tertiary alicyclic amines) is 1. The number of carbonyl (C=O) groups excluding carboxylic acids is 1. The molecular weight excluding hydrogens is 338 g/mol. The highest BCUT2D eigenvalue weighted by Crippen LogP contribution is 2.26. The minimum absolute atomic E-state index is 0.0382. The Bertz CT molecular complexity index is 720. The van der Waals surface area contributed by atoms with Crippen molar-refractivity contribution in [1.82, 2.24) is 4.90 Å². The van der Waals surface area contributed by atoms with E-state index >= 15 is 0 Å². The van der Waals surface area contributed by atoms with Gasteiger partial charge in [0.15, 0.2) is 0 Å². The van der Waals surface area contributed by atoms with Crippen molar-refractivity contribution in [3.05, 3.63) is 59.1 Å². The molecule has 0 aliphatic carbocycles. The average Bonchev–Trinajstić information content (AvgIpc) is 2.67. The molecule has 1 atom stereocenters. The Balaban J connectivity index is 1.64. The number of carbonyl (C=O) groups is 1. The van der Waals surface area contributed by atoms with Crippen LogP contribution in [-0.4, -0.2) is 37.6 Å². The number of ether oxygens (including phenoxy) is 2. The van der Waals surface area contributed by atoms with E-state index in [0.29, 0.717) is 35.4 Å². The number of rotatable bonds is 5. The predicted molar refractivity (Wildman–Crippen MR) is 98.6 cm³/mol. The molecule has 1 aliphatic rings. The Hall–Kier alpha value is -2.20. The summed E-state index contributed by atoms with van der Waals surface area (Å²) in [6.45, 7) is 2.04. The SMILES string of the molecule is COc1ccc(Cl)cc1C(=O)N1CCCC(COc2ccccc2)C1. The third kappa shape index (κ3) is 4.45. The second-order valence-corrected chi connectivity index (χ2v) is 6.66. The molecule has 1 fully saturated rings. The normalized spacial score (nSPS) is 17.2. The van der Waals surface area contributed by atoms with E-state index in [0.717, 1.165) is 25.1 Å². The summed E-state index contributed by atoms with van der Waals surface area (Å²) in [5, 5.41) is 0.533. The van der Waals surface area contributed by atoms with Crippen molar-refractivity contribution in [2.75, 3.05) is 26.8 Å². The third-order valence-electron chi connectivity index (χ3n) is 4.43. The molecule has 0 saturated carbocycles. The number of benzene rings is 2. The molecule has 1 unspecified atom stereocenters. The minimum atomic E-state index is -0.0382. The van der Waals surface area contributed by atoms with Gasteiger partial charge in [0.1, 0.15) is 11.5 Å². The molecular formula is C20H22ClNO3. The zero-order chi connectivity index (χ0) is 17.6. The Morgan fingerprint density at radius 1 is 1.24 bits per heavy atom. The molecule has 0 N–H and O–H groups in total. The largest absolute Gasteiger partial charge is 0.496 e. The molecule has 3 rings (SSSR count). The first-order valence-corrected chi connectivity index (χ1v) is 8.86. The fraction of sp³-hybridized carbons (Fsp3) is 0.350. The van der Waals surface area contributed by atoms with Crippen molar-refractivity contribution in [2.24, 2.45) is 5.92 Å². The summed E-state index contributed by atoms with van der Waals surface area (Å²) in [7, 11) is 1.56. The molecule has 0 spiro atoms. The summed E-state index contributed by atoms with van der Waals surface area (Å²) in [6, 6.07) is 14.9. The van der Waals surface area contributed by atoms with Gasteiger partial charge in [-0.25, -0.2) is 0 Å². The van der Waals surface area contributed by atoms with E-state index in [1.165, 1.54) is 0 Å². The Kier molecular flexibility index (Phi) is 5.82. The molecule has 1 amide bonds. The van der Waals surface area contributed by atoms with Gasteiger partial charge in [-0.3, -0.25) is 4.79 Å². The second-order valence-electron chi connectivity index (χ2n) is 6.23. The van der Waals surface area contributed by atoms with Crippen LogP contribution in [0.2, 0.25) is 5.02 Å². The summed E-state index contributed by atoms with van der Waals surface area (Å²) >= 11 is 6.06. The quantitative estimate of drug-likeness (QED) is 0.799. The van der Waals surface area contributed by atoms with Gasteiger partial charge in [0.2, 0.25) is 0 Å². The molecule has 1 saturated heterocycles. The minimum Gasteiger partial charge on any atom is -0.496 e.